The second kappa shape index (κ2) is 11.0. The van der Waals surface area contributed by atoms with E-state index in [4.69, 9.17) is 0 Å². The highest BCUT2D eigenvalue weighted by atomic mass is 19.1. The van der Waals surface area contributed by atoms with E-state index in [1.807, 2.05) is 59.7 Å². The number of halogens is 2. The van der Waals surface area contributed by atoms with Crippen LogP contribution in [0.1, 0.15) is 41.2 Å². The quantitative estimate of drug-likeness (QED) is 0.510. The molecule has 2 heterocycles. The number of anilines is 1. The van der Waals surface area contributed by atoms with Crippen molar-refractivity contribution < 1.29 is 18.4 Å². The Hall–Kier alpha value is -3.59. The number of fused-ring (bicyclic) bond motifs is 1. The summed E-state index contributed by atoms with van der Waals surface area (Å²) in [6, 6.07) is 8.29. The lowest BCUT2D eigenvalue weighted by atomic mass is 10.1. The SMILES string of the molecule is Cc1cccc2nc(NC(=O)c3cc(F)cc(F)c3)n(C3CCCCN(C(=O)C=CCN(C)C)C3)c12. The van der Waals surface area contributed by atoms with Gasteiger partial charge in [-0.15, -0.1) is 0 Å². The Kier molecular flexibility index (Phi) is 7.79. The maximum Gasteiger partial charge on any atom is 0.258 e. The monoisotopic (exact) mass is 495 g/mol. The van der Waals surface area contributed by atoms with Crippen molar-refractivity contribution in [1.82, 2.24) is 19.4 Å². The Labute approximate surface area is 209 Å². The Morgan fingerprint density at radius 3 is 2.64 bits per heavy atom. The molecule has 0 aliphatic carbocycles. The molecule has 0 spiro atoms. The van der Waals surface area contributed by atoms with E-state index in [2.05, 4.69) is 10.3 Å². The van der Waals surface area contributed by atoms with Gasteiger partial charge in [-0.2, -0.15) is 0 Å². The number of likely N-dealkylation sites (N-methyl/N-ethyl adjacent to an activating group) is 1. The molecule has 2 amide bonds. The van der Waals surface area contributed by atoms with Gasteiger partial charge in [0, 0.05) is 37.3 Å². The predicted octanol–water partition coefficient (Wildman–Crippen LogP) is 4.55. The van der Waals surface area contributed by atoms with E-state index >= 15 is 0 Å². The fourth-order valence-electron chi connectivity index (χ4n) is 4.62. The maximum absolute atomic E-state index is 13.7. The van der Waals surface area contributed by atoms with Crippen LogP contribution in [0.5, 0.6) is 0 Å². The molecule has 9 heteroatoms. The molecule has 0 radical (unpaired) electrons. The van der Waals surface area contributed by atoms with Crippen molar-refractivity contribution in [2.24, 2.45) is 0 Å². The van der Waals surface area contributed by atoms with Gasteiger partial charge in [-0.1, -0.05) is 18.2 Å². The first kappa shape index (κ1) is 25.5. The van der Waals surface area contributed by atoms with Crippen molar-refractivity contribution in [2.75, 3.05) is 39.0 Å². The number of para-hydroxylation sites is 1. The van der Waals surface area contributed by atoms with E-state index in [0.29, 0.717) is 25.2 Å². The molecule has 3 aromatic rings. The number of aromatic nitrogens is 2. The lowest BCUT2D eigenvalue weighted by Crippen LogP contribution is -2.35. The van der Waals surface area contributed by atoms with E-state index in [9.17, 15) is 18.4 Å². The molecule has 1 N–H and O–H groups in total. The van der Waals surface area contributed by atoms with Crippen LogP contribution in [0.25, 0.3) is 11.0 Å². The average molecular weight is 496 g/mol. The first-order chi connectivity index (χ1) is 17.2. The van der Waals surface area contributed by atoms with Crippen molar-refractivity contribution >= 4 is 28.8 Å². The molecule has 36 heavy (non-hydrogen) atoms. The average Bonchev–Trinajstić information content (AvgIpc) is 3.00. The van der Waals surface area contributed by atoms with E-state index < -0.39 is 17.5 Å². The number of nitrogens with one attached hydrogen (secondary N) is 1. The third-order valence-corrected chi connectivity index (χ3v) is 6.32. The summed E-state index contributed by atoms with van der Waals surface area (Å²) < 4.78 is 29.4. The minimum absolute atomic E-state index is 0.0503. The zero-order valence-electron chi connectivity index (χ0n) is 20.8. The van der Waals surface area contributed by atoms with E-state index in [0.717, 1.165) is 48.5 Å². The smallest absolute Gasteiger partial charge is 0.258 e. The Bertz CT molecular complexity index is 1280. The predicted molar refractivity (Wildman–Crippen MR) is 136 cm³/mol. The van der Waals surface area contributed by atoms with Crippen molar-refractivity contribution in [3.63, 3.8) is 0 Å². The number of amides is 2. The van der Waals surface area contributed by atoms with Gasteiger partial charge in [0.15, 0.2) is 0 Å². The van der Waals surface area contributed by atoms with Gasteiger partial charge in [0.05, 0.1) is 17.1 Å². The molecule has 1 aliphatic rings. The van der Waals surface area contributed by atoms with Gasteiger partial charge in [-0.05, 0) is 64.0 Å². The van der Waals surface area contributed by atoms with Crippen LogP contribution in [0, 0.1) is 18.6 Å². The normalized spacial score (nSPS) is 16.6. The van der Waals surface area contributed by atoms with Gasteiger partial charge in [0.25, 0.3) is 5.91 Å². The van der Waals surface area contributed by atoms with E-state index in [1.54, 1.807) is 6.08 Å². The largest absolute Gasteiger partial charge is 0.337 e. The van der Waals surface area contributed by atoms with Crippen LogP contribution in [0.4, 0.5) is 14.7 Å². The van der Waals surface area contributed by atoms with Crippen LogP contribution in [-0.4, -0.2) is 64.9 Å². The summed E-state index contributed by atoms with van der Waals surface area (Å²) in [5.74, 6) is -2.08. The van der Waals surface area contributed by atoms with Crippen LogP contribution in [0.15, 0.2) is 48.6 Å². The number of imidazole rings is 1. The third kappa shape index (κ3) is 5.79. The summed E-state index contributed by atoms with van der Waals surface area (Å²) in [5, 5.41) is 2.76. The standard InChI is InChI=1S/C27H31F2N5O2/c1-18-8-6-10-23-25(18)34(27(30-23)31-26(36)19-14-20(28)16-21(29)15-19)22-9-4-5-13-33(17-22)24(35)11-7-12-32(2)3/h6-8,10-11,14-16,22H,4-5,9,12-13,17H2,1-3H3,(H,30,31,36). The molecule has 1 aromatic heterocycles. The van der Waals surface area contributed by atoms with Gasteiger partial charge >= 0.3 is 0 Å². The van der Waals surface area contributed by atoms with Crippen LogP contribution in [-0.2, 0) is 4.79 Å². The van der Waals surface area contributed by atoms with Crippen LogP contribution in [0.3, 0.4) is 0 Å². The zero-order valence-corrected chi connectivity index (χ0v) is 20.8. The molecule has 0 saturated carbocycles. The summed E-state index contributed by atoms with van der Waals surface area (Å²) in [5.41, 5.74) is 2.40. The number of likely N-dealkylation sites (tertiary alicyclic amines) is 1. The summed E-state index contributed by atoms with van der Waals surface area (Å²) in [4.78, 5) is 34.4. The first-order valence-corrected chi connectivity index (χ1v) is 12.1. The van der Waals surface area contributed by atoms with Gasteiger partial charge in [-0.3, -0.25) is 14.9 Å². The Morgan fingerprint density at radius 2 is 1.92 bits per heavy atom. The highest BCUT2D eigenvalue weighted by molar-refractivity contribution is 6.04. The highest BCUT2D eigenvalue weighted by Crippen LogP contribution is 2.32. The molecular weight excluding hydrogens is 464 g/mol. The summed E-state index contributed by atoms with van der Waals surface area (Å²) in [6.45, 7) is 3.75. The number of carbonyl (C=O) groups excluding carboxylic acids is 2. The van der Waals surface area contributed by atoms with Gasteiger partial charge in [-0.25, -0.2) is 13.8 Å². The molecule has 0 bridgehead atoms. The molecule has 1 atom stereocenters. The fourth-order valence-corrected chi connectivity index (χ4v) is 4.62. The first-order valence-electron chi connectivity index (χ1n) is 12.1. The molecule has 1 saturated heterocycles. The molecule has 1 fully saturated rings. The number of carbonyl (C=O) groups is 2. The topological polar surface area (TPSA) is 70.5 Å². The number of nitrogens with zero attached hydrogens (tertiary/aromatic N) is 4. The minimum Gasteiger partial charge on any atom is -0.337 e. The number of hydrogen-bond donors (Lipinski definition) is 1. The zero-order chi connectivity index (χ0) is 25.8. The molecule has 1 aliphatic heterocycles. The molecule has 1 unspecified atom stereocenters. The van der Waals surface area contributed by atoms with Gasteiger partial charge in [0.1, 0.15) is 11.6 Å². The molecular formula is C27H31F2N5O2. The second-order valence-corrected chi connectivity index (χ2v) is 9.46. The van der Waals surface area contributed by atoms with Crippen molar-refractivity contribution in [3.8, 4) is 0 Å². The van der Waals surface area contributed by atoms with Gasteiger partial charge in [0.2, 0.25) is 11.9 Å². The number of aryl methyl sites for hydroxylation is 1. The maximum atomic E-state index is 13.7. The van der Waals surface area contributed by atoms with Crippen LogP contribution >= 0.6 is 0 Å². The second-order valence-electron chi connectivity index (χ2n) is 9.46. The van der Waals surface area contributed by atoms with Crippen LogP contribution < -0.4 is 5.32 Å². The highest BCUT2D eigenvalue weighted by Gasteiger charge is 2.27. The minimum atomic E-state index is -0.829. The van der Waals surface area contributed by atoms with E-state index in [-0.39, 0.29) is 23.5 Å². The van der Waals surface area contributed by atoms with Crippen molar-refractivity contribution in [1.29, 1.82) is 0 Å². The van der Waals surface area contributed by atoms with Crippen LogP contribution in [0.2, 0.25) is 0 Å². The Balaban J connectivity index is 1.68. The fraction of sp³-hybridized carbons (Fsp3) is 0.370. The number of benzene rings is 2. The third-order valence-electron chi connectivity index (χ3n) is 6.32. The molecule has 190 valence electrons. The molecule has 2 aromatic carbocycles. The molecule has 7 nitrogen and oxygen atoms in total. The van der Waals surface area contributed by atoms with Gasteiger partial charge < -0.3 is 14.4 Å². The number of rotatable bonds is 6. The summed E-state index contributed by atoms with van der Waals surface area (Å²) in [6.07, 6.45) is 6.04. The lowest BCUT2D eigenvalue weighted by molar-refractivity contribution is -0.126. The summed E-state index contributed by atoms with van der Waals surface area (Å²) >= 11 is 0. The van der Waals surface area contributed by atoms with E-state index in [1.165, 1.54) is 0 Å². The Morgan fingerprint density at radius 1 is 1.17 bits per heavy atom. The van der Waals surface area contributed by atoms with Crippen molar-refractivity contribution in [2.45, 2.75) is 32.2 Å². The molecule has 4 rings (SSSR count). The van der Waals surface area contributed by atoms with Crippen molar-refractivity contribution in [3.05, 3.63) is 71.3 Å². The number of hydrogen-bond acceptors (Lipinski definition) is 4. The summed E-state index contributed by atoms with van der Waals surface area (Å²) in [7, 11) is 3.88. The lowest BCUT2D eigenvalue weighted by Gasteiger charge is -2.26.